The molecule has 0 aromatic heterocycles. The second kappa shape index (κ2) is 9.62. The number of hydrazine groups is 1. The van der Waals surface area contributed by atoms with Gasteiger partial charge >= 0.3 is 0 Å². The SMILES string of the molecule is CC.COc1ccc(C(=O)NCC(=O)NN)cc1OC. The molecule has 7 heteroatoms. The molecule has 0 spiro atoms. The molecular formula is C13H21N3O4. The van der Waals surface area contributed by atoms with Gasteiger partial charge in [0.1, 0.15) is 0 Å². The van der Waals surface area contributed by atoms with Gasteiger partial charge in [-0.3, -0.25) is 15.0 Å². The summed E-state index contributed by atoms with van der Waals surface area (Å²) in [4.78, 5) is 22.6. The van der Waals surface area contributed by atoms with Crippen LogP contribution in [0.5, 0.6) is 11.5 Å². The summed E-state index contributed by atoms with van der Waals surface area (Å²) in [7, 11) is 2.98. The van der Waals surface area contributed by atoms with Crippen LogP contribution in [0.3, 0.4) is 0 Å². The van der Waals surface area contributed by atoms with Gasteiger partial charge in [-0.25, -0.2) is 5.84 Å². The number of ether oxygens (including phenoxy) is 2. The third-order valence-electron chi connectivity index (χ3n) is 2.22. The number of hydrogen-bond acceptors (Lipinski definition) is 5. The lowest BCUT2D eigenvalue weighted by atomic mass is 10.2. The van der Waals surface area contributed by atoms with E-state index in [4.69, 9.17) is 15.3 Å². The first-order valence-electron chi connectivity index (χ1n) is 6.12. The van der Waals surface area contributed by atoms with E-state index < -0.39 is 11.8 Å². The van der Waals surface area contributed by atoms with Gasteiger partial charge < -0.3 is 14.8 Å². The molecule has 112 valence electrons. The van der Waals surface area contributed by atoms with Crippen molar-refractivity contribution >= 4 is 11.8 Å². The van der Waals surface area contributed by atoms with Crippen molar-refractivity contribution in [2.45, 2.75) is 13.8 Å². The molecule has 0 saturated heterocycles. The predicted molar refractivity (Wildman–Crippen MR) is 75.6 cm³/mol. The van der Waals surface area contributed by atoms with E-state index in [0.717, 1.165) is 0 Å². The van der Waals surface area contributed by atoms with E-state index in [1.54, 1.807) is 12.1 Å². The van der Waals surface area contributed by atoms with Gasteiger partial charge in [0.15, 0.2) is 11.5 Å². The van der Waals surface area contributed by atoms with Crippen LogP contribution >= 0.6 is 0 Å². The average molecular weight is 283 g/mol. The van der Waals surface area contributed by atoms with Crippen LogP contribution in [-0.2, 0) is 4.79 Å². The van der Waals surface area contributed by atoms with Crippen molar-refractivity contribution in [1.82, 2.24) is 10.7 Å². The first-order valence-corrected chi connectivity index (χ1v) is 6.12. The fourth-order valence-electron chi connectivity index (χ4n) is 1.29. The van der Waals surface area contributed by atoms with Crippen LogP contribution in [0.25, 0.3) is 0 Å². The summed E-state index contributed by atoms with van der Waals surface area (Å²) in [6, 6.07) is 4.70. The summed E-state index contributed by atoms with van der Waals surface area (Å²) < 4.78 is 10.1. The topological polar surface area (TPSA) is 103 Å². The number of carbonyl (C=O) groups excluding carboxylic acids is 2. The molecule has 0 fully saturated rings. The molecule has 0 heterocycles. The van der Waals surface area contributed by atoms with Crippen LogP contribution in [0.1, 0.15) is 24.2 Å². The van der Waals surface area contributed by atoms with Crippen LogP contribution in [0, 0.1) is 0 Å². The normalized spacial score (nSPS) is 8.85. The number of rotatable bonds is 5. The van der Waals surface area contributed by atoms with Gasteiger partial charge in [-0.2, -0.15) is 0 Å². The highest BCUT2D eigenvalue weighted by Crippen LogP contribution is 2.27. The molecule has 0 bridgehead atoms. The maximum absolute atomic E-state index is 11.7. The van der Waals surface area contributed by atoms with Crippen LogP contribution in [0.2, 0.25) is 0 Å². The zero-order valence-electron chi connectivity index (χ0n) is 12.1. The number of nitrogens with one attached hydrogen (secondary N) is 2. The summed E-state index contributed by atoms with van der Waals surface area (Å²) in [5, 5.41) is 2.41. The fourth-order valence-corrected chi connectivity index (χ4v) is 1.29. The molecule has 0 aliphatic heterocycles. The summed E-state index contributed by atoms with van der Waals surface area (Å²) in [5.74, 6) is 4.97. The fraction of sp³-hybridized carbons (Fsp3) is 0.385. The third kappa shape index (κ3) is 5.15. The lowest BCUT2D eigenvalue weighted by Crippen LogP contribution is -2.40. The van der Waals surface area contributed by atoms with Crippen molar-refractivity contribution < 1.29 is 19.1 Å². The molecule has 4 N–H and O–H groups in total. The van der Waals surface area contributed by atoms with Gasteiger partial charge in [0.25, 0.3) is 11.8 Å². The maximum Gasteiger partial charge on any atom is 0.253 e. The van der Waals surface area contributed by atoms with Gasteiger partial charge in [-0.15, -0.1) is 0 Å². The molecular weight excluding hydrogens is 262 g/mol. The van der Waals surface area contributed by atoms with Crippen molar-refractivity contribution in [3.63, 3.8) is 0 Å². The number of hydrogen-bond donors (Lipinski definition) is 3. The Kier molecular flexibility index (Phi) is 8.53. The first-order chi connectivity index (χ1) is 9.62. The molecule has 1 aromatic carbocycles. The van der Waals surface area contributed by atoms with Gasteiger partial charge in [-0.1, -0.05) is 13.8 Å². The zero-order chi connectivity index (χ0) is 15.5. The summed E-state index contributed by atoms with van der Waals surface area (Å²) in [6.07, 6.45) is 0. The highest BCUT2D eigenvalue weighted by Gasteiger charge is 2.11. The summed E-state index contributed by atoms with van der Waals surface area (Å²) in [6.45, 7) is 3.81. The van der Waals surface area contributed by atoms with Gasteiger partial charge in [-0.05, 0) is 18.2 Å². The minimum absolute atomic E-state index is 0.191. The minimum Gasteiger partial charge on any atom is -0.493 e. The standard InChI is InChI=1S/C11H15N3O4.C2H6/c1-17-8-4-3-7(5-9(8)18-2)11(16)13-6-10(15)14-12;1-2/h3-5H,6,12H2,1-2H3,(H,13,16)(H,14,15);1-2H3. The van der Waals surface area contributed by atoms with Crippen molar-refractivity contribution in [3.05, 3.63) is 23.8 Å². The Morgan fingerprint density at radius 3 is 2.25 bits per heavy atom. The van der Waals surface area contributed by atoms with Crippen molar-refractivity contribution in [2.75, 3.05) is 20.8 Å². The highest BCUT2D eigenvalue weighted by atomic mass is 16.5. The zero-order valence-corrected chi connectivity index (χ0v) is 12.1. The Morgan fingerprint density at radius 2 is 1.75 bits per heavy atom. The van der Waals surface area contributed by atoms with Crippen molar-refractivity contribution in [1.29, 1.82) is 0 Å². The largest absolute Gasteiger partial charge is 0.493 e. The molecule has 7 nitrogen and oxygen atoms in total. The monoisotopic (exact) mass is 283 g/mol. The van der Waals surface area contributed by atoms with Crippen LogP contribution in [-0.4, -0.2) is 32.6 Å². The molecule has 0 unspecified atom stereocenters. The number of benzene rings is 1. The Balaban J connectivity index is 0.00000172. The number of amides is 2. The molecule has 0 aliphatic carbocycles. The van der Waals surface area contributed by atoms with Crippen LogP contribution < -0.4 is 26.1 Å². The van der Waals surface area contributed by atoms with Gasteiger partial charge in [0, 0.05) is 5.56 Å². The minimum atomic E-state index is -0.483. The highest BCUT2D eigenvalue weighted by molar-refractivity contribution is 5.96. The molecule has 0 aliphatic rings. The second-order valence-electron chi connectivity index (χ2n) is 3.32. The van der Waals surface area contributed by atoms with E-state index in [9.17, 15) is 9.59 Å². The summed E-state index contributed by atoms with van der Waals surface area (Å²) in [5.41, 5.74) is 2.27. The second-order valence-corrected chi connectivity index (χ2v) is 3.32. The van der Waals surface area contributed by atoms with Gasteiger partial charge in [0.05, 0.1) is 20.8 Å². The van der Waals surface area contributed by atoms with Crippen molar-refractivity contribution in [2.24, 2.45) is 5.84 Å². The predicted octanol–water partition coefficient (Wildman–Crippen LogP) is 0.450. The third-order valence-corrected chi connectivity index (χ3v) is 2.22. The number of nitrogens with two attached hydrogens (primary N) is 1. The molecule has 0 saturated carbocycles. The van der Waals surface area contributed by atoms with E-state index >= 15 is 0 Å². The summed E-state index contributed by atoms with van der Waals surface area (Å²) >= 11 is 0. The molecule has 0 atom stereocenters. The lowest BCUT2D eigenvalue weighted by molar-refractivity contribution is -0.120. The van der Waals surface area contributed by atoms with E-state index in [-0.39, 0.29) is 6.54 Å². The number of carbonyl (C=O) groups is 2. The number of methoxy groups -OCH3 is 2. The maximum atomic E-state index is 11.7. The molecule has 1 rings (SSSR count). The Bertz CT molecular complexity index is 449. The van der Waals surface area contributed by atoms with E-state index in [1.165, 1.54) is 20.3 Å². The molecule has 1 aromatic rings. The first kappa shape index (κ1) is 17.7. The molecule has 2 amide bonds. The average Bonchev–Trinajstić information content (AvgIpc) is 2.53. The smallest absolute Gasteiger partial charge is 0.253 e. The van der Waals surface area contributed by atoms with E-state index in [2.05, 4.69) is 5.32 Å². The van der Waals surface area contributed by atoms with Crippen LogP contribution in [0.4, 0.5) is 0 Å². The quantitative estimate of drug-likeness (QED) is 0.413. The lowest BCUT2D eigenvalue weighted by Gasteiger charge is -2.09. The van der Waals surface area contributed by atoms with Crippen molar-refractivity contribution in [3.8, 4) is 11.5 Å². The van der Waals surface area contributed by atoms with Crippen LogP contribution in [0.15, 0.2) is 18.2 Å². The molecule has 20 heavy (non-hydrogen) atoms. The Hall–Kier alpha value is -2.28. The van der Waals surface area contributed by atoms with Gasteiger partial charge in [0.2, 0.25) is 0 Å². The van der Waals surface area contributed by atoms with E-state index in [0.29, 0.717) is 17.1 Å². The Morgan fingerprint density at radius 1 is 1.15 bits per heavy atom. The Labute approximate surface area is 118 Å². The molecule has 0 radical (unpaired) electrons. The van der Waals surface area contributed by atoms with E-state index in [1.807, 2.05) is 19.3 Å².